The van der Waals surface area contributed by atoms with Crippen LogP contribution in [0.15, 0.2) is 73.3 Å². The van der Waals surface area contributed by atoms with Crippen molar-refractivity contribution in [3.8, 4) is 0 Å². The van der Waals surface area contributed by atoms with E-state index in [1.807, 2.05) is 73.7 Å². The molecule has 5 nitrogen and oxygen atoms in total. The predicted octanol–water partition coefficient (Wildman–Crippen LogP) is 8.01. The molecule has 1 aliphatic carbocycles. The van der Waals surface area contributed by atoms with E-state index in [1.165, 1.54) is 0 Å². The third kappa shape index (κ3) is 6.38. The molecule has 3 rings (SSSR count). The van der Waals surface area contributed by atoms with Crippen molar-refractivity contribution < 1.29 is 23.5 Å². The summed E-state index contributed by atoms with van der Waals surface area (Å²) < 4.78 is 19.0. The summed E-state index contributed by atoms with van der Waals surface area (Å²) >= 11 is 0. The molecule has 0 bridgehead atoms. The van der Waals surface area contributed by atoms with Crippen LogP contribution < -0.4 is 0 Å². The molecule has 0 aromatic heterocycles. The first-order valence-corrected chi connectivity index (χ1v) is 16.3. The second-order valence-electron chi connectivity index (χ2n) is 12.2. The molecule has 1 fully saturated rings. The quantitative estimate of drug-likeness (QED) is 0.116. The van der Waals surface area contributed by atoms with Crippen LogP contribution in [0.3, 0.4) is 0 Å². The van der Waals surface area contributed by atoms with E-state index in [0.717, 1.165) is 11.1 Å². The number of carbonyl (C=O) groups excluding carboxylic acids is 2. The molecule has 0 heterocycles. The van der Waals surface area contributed by atoms with Gasteiger partial charge in [0.25, 0.3) is 0 Å². The third-order valence-corrected chi connectivity index (χ3v) is 14.8. The van der Waals surface area contributed by atoms with E-state index in [9.17, 15) is 9.59 Å². The van der Waals surface area contributed by atoms with Crippen LogP contribution in [-0.2, 0) is 36.7 Å². The number of rotatable bonds is 12. The molecule has 0 aliphatic heterocycles. The van der Waals surface area contributed by atoms with Crippen LogP contribution >= 0.6 is 0 Å². The summed E-state index contributed by atoms with van der Waals surface area (Å²) in [5.41, 5.74) is 0.537. The minimum absolute atomic E-state index is 0.0897. The van der Waals surface area contributed by atoms with Crippen LogP contribution in [0.2, 0.25) is 16.6 Å². The SMILES string of the molecule is C=C[C@H]1CC(C(=O)OCc2ccccc2)(C(=O)OCc2ccccc2)C[C@]1(C)O[Si](C(C)C)(C(C)C)C(C)C. The molecule has 2 atom stereocenters. The van der Waals surface area contributed by atoms with Crippen molar-refractivity contribution >= 4 is 20.3 Å². The van der Waals surface area contributed by atoms with Crippen molar-refractivity contribution in [1.29, 1.82) is 0 Å². The highest BCUT2D eigenvalue weighted by atomic mass is 28.4. The summed E-state index contributed by atoms with van der Waals surface area (Å²) in [7, 11) is -2.35. The maximum Gasteiger partial charge on any atom is 0.323 e. The van der Waals surface area contributed by atoms with Gasteiger partial charge in [0.1, 0.15) is 13.2 Å². The summed E-state index contributed by atoms with van der Waals surface area (Å²) in [4.78, 5) is 27.8. The first-order chi connectivity index (χ1) is 18.4. The normalized spacial score (nSPS) is 20.8. The lowest BCUT2D eigenvalue weighted by Crippen LogP contribution is -2.55. The highest BCUT2D eigenvalue weighted by Gasteiger charge is 2.64. The topological polar surface area (TPSA) is 61.8 Å². The Hall–Kier alpha value is -2.70. The number of carbonyl (C=O) groups is 2. The molecule has 6 heteroatoms. The summed E-state index contributed by atoms with van der Waals surface area (Å²) in [6, 6.07) is 19.0. The van der Waals surface area contributed by atoms with Crippen molar-refractivity contribution in [1.82, 2.24) is 0 Å². The highest BCUT2D eigenvalue weighted by Crippen LogP contribution is 2.56. The van der Waals surface area contributed by atoms with Gasteiger partial charge in [-0.05, 0) is 41.1 Å². The molecule has 1 aliphatic rings. The third-order valence-electron chi connectivity index (χ3n) is 8.61. The zero-order valence-electron chi connectivity index (χ0n) is 24.7. The van der Waals surface area contributed by atoms with Crippen LogP contribution in [0.1, 0.15) is 72.4 Å². The summed E-state index contributed by atoms with van der Waals surface area (Å²) in [6.07, 6.45) is 2.28. The van der Waals surface area contributed by atoms with Crippen molar-refractivity contribution in [2.45, 2.75) is 96.7 Å². The van der Waals surface area contributed by atoms with E-state index in [-0.39, 0.29) is 32.0 Å². The molecular weight excluding hydrogens is 504 g/mol. The molecule has 0 spiro atoms. The number of hydrogen-bond donors (Lipinski definition) is 0. The average molecular weight is 551 g/mol. The summed E-state index contributed by atoms with van der Waals surface area (Å²) in [5, 5.41) is 0. The number of benzene rings is 2. The van der Waals surface area contributed by atoms with Gasteiger partial charge in [0.05, 0.1) is 5.60 Å². The molecular formula is C33H46O5Si. The van der Waals surface area contributed by atoms with Crippen molar-refractivity contribution in [2.24, 2.45) is 11.3 Å². The Labute approximate surface area is 236 Å². The first kappa shape index (κ1) is 30.8. The van der Waals surface area contributed by atoms with E-state index in [4.69, 9.17) is 13.9 Å². The molecule has 0 saturated heterocycles. The lowest BCUT2D eigenvalue weighted by molar-refractivity contribution is -0.175. The molecule has 212 valence electrons. The zero-order chi connectivity index (χ0) is 28.8. The van der Waals surface area contributed by atoms with E-state index in [1.54, 1.807) is 0 Å². The number of esters is 2. The van der Waals surface area contributed by atoms with E-state index < -0.39 is 31.3 Å². The van der Waals surface area contributed by atoms with Crippen molar-refractivity contribution in [3.63, 3.8) is 0 Å². The van der Waals surface area contributed by atoms with Gasteiger partial charge < -0.3 is 13.9 Å². The Kier molecular flexibility index (Phi) is 10.00. The van der Waals surface area contributed by atoms with Gasteiger partial charge in [-0.25, -0.2) is 0 Å². The van der Waals surface area contributed by atoms with Crippen molar-refractivity contribution in [3.05, 3.63) is 84.4 Å². The highest BCUT2D eigenvalue weighted by molar-refractivity contribution is 6.77. The molecule has 0 radical (unpaired) electrons. The van der Waals surface area contributed by atoms with Crippen molar-refractivity contribution in [2.75, 3.05) is 0 Å². The Bertz CT molecular complexity index is 1030. The smallest absolute Gasteiger partial charge is 0.323 e. The predicted molar refractivity (Wildman–Crippen MR) is 158 cm³/mol. The van der Waals surface area contributed by atoms with Gasteiger partial charge in [-0.3, -0.25) is 9.59 Å². The van der Waals surface area contributed by atoms with Gasteiger partial charge in [0.2, 0.25) is 8.32 Å². The standard InChI is InChI=1S/C33H46O5Si/c1-9-29-20-33(30(34)36-21-27-16-12-10-13-17-27,31(35)37-22-28-18-14-11-15-19-28)23-32(29,8)38-39(24(2)3,25(4)5)26(6)7/h9-19,24-26,29H,1,20-23H2,2-8H3/t29-,32-/m0/s1. The zero-order valence-corrected chi connectivity index (χ0v) is 25.7. The summed E-state index contributed by atoms with van der Waals surface area (Å²) in [5.74, 6) is -1.34. The largest absolute Gasteiger partial charge is 0.460 e. The Morgan fingerprint density at radius 2 is 1.26 bits per heavy atom. The first-order valence-electron chi connectivity index (χ1n) is 14.2. The van der Waals surface area contributed by atoms with E-state index in [2.05, 4.69) is 48.1 Å². The minimum Gasteiger partial charge on any atom is -0.460 e. The fraction of sp³-hybridized carbons (Fsp3) is 0.515. The Morgan fingerprint density at radius 3 is 1.62 bits per heavy atom. The monoisotopic (exact) mass is 550 g/mol. The molecule has 2 aromatic carbocycles. The molecule has 39 heavy (non-hydrogen) atoms. The second kappa shape index (κ2) is 12.6. The molecule has 1 saturated carbocycles. The van der Waals surface area contributed by atoms with E-state index in [0.29, 0.717) is 16.6 Å². The molecule has 0 N–H and O–H groups in total. The number of ether oxygens (including phenoxy) is 2. The van der Waals surface area contributed by atoms with Gasteiger partial charge in [0.15, 0.2) is 5.41 Å². The van der Waals surface area contributed by atoms with Crippen LogP contribution in [-0.4, -0.2) is 25.9 Å². The lowest BCUT2D eigenvalue weighted by atomic mass is 9.84. The lowest BCUT2D eigenvalue weighted by Gasteiger charge is -2.49. The Balaban J connectivity index is 1.98. The number of hydrogen-bond acceptors (Lipinski definition) is 5. The fourth-order valence-electron chi connectivity index (χ4n) is 6.71. The average Bonchev–Trinajstić information content (AvgIpc) is 3.23. The van der Waals surface area contributed by atoms with Crippen LogP contribution in [0.25, 0.3) is 0 Å². The van der Waals surface area contributed by atoms with Gasteiger partial charge in [-0.2, -0.15) is 0 Å². The second-order valence-corrected chi connectivity index (χ2v) is 17.5. The van der Waals surface area contributed by atoms with Gasteiger partial charge in [-0.15, -0.1) is 6.58 Å². The Morgan fingerprint density at radius 1 is 0.846 bits per heavy atom. The van der Waals surface area contributed by atoms with Gasteiger partial charge >= 0.3 is 11.9 Å². The molecule has 0 unspecified atom stereocenters. The van der Waals surface area contributed by atoms with Gasteiger partial charge in [-0.1, -0.05) is 108 Å². The summed E-state index contributed by atoms with van der Waals surface area (Å²) in [6.45, 7) is 19.8. The maximum absolute atomic E-state index is 13.9. The van der Waals surface area contributed by atoms with Gasteiger partial charge in [0, 0.05) is 12.3 Å². The van der Waals surface area contributed by atoms with Crippen LogP contribution in [0.4, 0.5) is 0 Å². The van der Waals surface area contributed by atoms with Crippen LogP contribution in [0, 0.1) is 11.3 Å². The van der Waals surface area contributed by atoms with E-state index >= 15 is 0 Å². The molecule has 0 amide bonds. The molecule has 2 aromatic rings. The minimum atomic E-state index is -2.35. The van der Waals surface area contributed by atoms with Crippen LogP contribution in [0.5, 0.6) is 0 Å². The maximum atomic E-state index is 13.9. The fourth-order valence-corrected chi connectivity index (χ4v) is 12.5.